The predicted molar refractivity (Wildman–Crippen MR) is 100 cm³/mol. The third kappa shape index (κ3) is 5.21. The number of anilines is 3. The lowest BCUT2D eigenvalue weighted by atomic mass is 10.2. The topological polar surface area (TPSA) is 96.7 Å². The molecule has 0 fully saturated rings. The third-order valence-corrected chi connectivity index (χ3v) is 3.67. The number of nitrogens with zero attached hydrogens (tertiary/aromatic N) is 7. The summed E-state index contributed by atoms with van der Waals surface area (Å²) in [5.41, 5.74) is 1.12. The lowest BCUT2D eigenvalue weighted by Gasteiger charge is -2.10. The smallest absolute Gasteiger partial charge is 0.248 e. The minimum atomic E-state index is 0.533. The first-order chi connectivity index (χ1) is 12.7. The third-order valence-electron chi connectivity index (χ3n) is 3.67. The number of hydrogen-bond donors (Lipinski definition) is 2. The van der Waals surface area contributed by atoms with Crippen molar-refractivity contribution in [1.29, 1.82) is 0 Å². The van der Waals surface area contributed by atoms with E-state index in [4.69, 9.17) is 0 Å². The van der Waals surface area contributed by atoms with Gasteiger partial charge in [-0.05, 0) is 49.1 Å². The van der Waals surface area contributed by atoms with E-state index in [1.807, 2.05) is 30.3 Å². The largest absolute Gasteiger partial charge is 0.354 e. The highest BCUT2D eigenvalue weighted by Crippen LogP contribution is 2.13. The van der Waals surface area contributed by atoms with Gasteiger partial charge < -0.3 is 15.5 Å². The zero-order valence-corrected chi connectivity index (χ0v) is 15.0. The number of benzene rings is 1. The van der Waals surface area contributed by atoms with E-state index in [-0.39, 0.29) is 0 Å². The fourth-order valence-corrected chi connectivity index (χ4v) is 2.38. The van der Waals surface area contributed by atoms with Crippen molar-refractivity contribution < 1.29 is 0 Å². The van der Waals surface area contributed by atoms with Crippen molar-refractivity contribution in [3.8, 4) is 0 Å². The molecule has 26 heavy (non-hydrogen) atoms. The Bertz CT molecular complexity index is 801. The first kappa shape index (κ1) is 17.7. The van der Waals surface area contributed by atoms with Crippen molar-refractivity contribution in [3.63, 3.8) is 0 Å². The van der Waals surface area contributed by atoms with Gasteiger partial charge in [-0.2, -0.15) is 4.98 Å². The molecule has 0 saturated carbocycles. The molecule has 136 valence electrons. The molecule has 0 bridgehead atoms. The molecule has 1 aromatic carbocycles. The number of rotatable bonds is 9. The van der Waals surface area contributed by atoms with Crippen molar-refractivity contribution in [2.45, 2.75) is 13.0 Å². The maximum absolute atomic E-state index is 4.46. The van der Waals surface area contributed by atoms with Gasteiger partial charge in [-0.3, -0.25) is 0 Å². The van der Waals surface area contributed by atoms with Crippen LogP contribution in [0.3, 0.4) is 0 Å². The Kier molecular flexibility index (Phi) is 6.05. The Hall–Kier alpha value is -3.07. The maximum atomic E-state index is 4.46. The van der Waals surface area contributed by atoms with E-state index >= 15 is 0 Å². The van der Waals surface area contributed by atoms with Gasteiger partial charge in [0, 0.05) is 12.7 Å². The summed E-state index contributed by atoms with van der Waals surface area (Å²) < 4.78 is 1.70. The minimum Gasteiger partial charge on any atom is -0.354 e. The lowest BCUT2D eigenvalue weighted by molar-refractivity contribution is 0.405. The van der Waals surface area contributed by atoms with Crippen LogP contribution in [0.5, 0.6) is 0 Å². The summed E-state index contributed by atoms with van der Waals surface area (Å²) in [4.78, 5) is 10.8. The standard InChI is InChI=1S/C17H23N9/c1-25(2)12-6-10-18-16-19-11-9-15(20-16)21-17-22-23-24-26(17)13-14-7-4-3-5-8-14/h3-5,7-9,11H,6,10,12-13H2,1-2H3,(H2,18,19,20,21,22,24). The fourth-order valence-electron chi connectivity index (χ4n) is 2.38. The van der Waals surface area contributed by atoms with Gasteiger partial charge in [0.2, 0.25) is 11.9 Å². The molecule has 2 aromatic heterocycles. The molecule has 2 N–H and O–H groups in total. The van der Waals surface area contributed by atoms with Gasteiger partial charge in [0.25, 0.3) is 0 Å². The molecule has 9 nitrogen and oxygen atoms in total. The van der Waals surface area contributed by atoms with E-state index in [0.717, 1.165) is 25.1 Å². The molecule has 0 saturated heterocycles. The Morgan fingerprint density at radius 1 is 1.12 bits per heavy atom. The van der Waals surface area contributed by atoms with E-state index in [2.05, 4.69) is 55.1 Å². The van der Waals surface area contributed by atoms with E-state index in [0.29, 0.717) is 24.3 Å². The first-order valence-corrected chi connectivity index (χ1v) is 8.49. The number of aromatic nitrogens is 6. The van der Waals surface area contributed by atoms with Gasteiger partial charge in [-0.25, -0.2) is 9.67 Å². The zero-order chi connectivity index (χ0) is 18.2. The Morgan fingerprint density at radius 3 is 2.77 bits per heavy atom. The zero-order valence-electron chi connectivity index (χ0n) is 15.0. The van der Waals surface area contributed by atoms with Crippen molar-refractivity contribution in [2.24, 2.45) is 0 Å². The van der Waals surface area contributed by atoms with Gasteiger partial charge in [0.15, 0.2) is 0 Å². The molecule has 0 aliphatic rings. The van der Waals surface area contributed by atoms with Crippen LogP contribution in [-0.4, -0.2) is 62.3 Å². The van der Waals surface area contributed by atoms with Crippen molar-refractivity contribution in [2.75, 3.05) is 37.8 Å². The Morgan fingerprint density at radius 2 is 1.96 bits per heavy atom. The second-order valence-corrected chi connectivity index (χ2v) is 6.12. The molecular formula is C17H23N9. The molecule has 3 aromatic rings. The van der Waals surface area contributed by atoms with E-state index in [9.17, 15) is 0 Å². The normalized spacial score (nSPS) is 10.9. The summed E-state index contributed by atoms with van der Waals surface area (Å²) in [5.74, 6) is 1.75. The van der Waals surface area contributed by atoms with Crippen LogP contribution in [0.1, 0.15) is 12.0 Å². The summed E-state index contributed by atoms with van der Waals surface area (Å²) in [7, 11) is 4.11. The van der Waals surface area contributed by atoms with Gasteiger partial charge in [0.1, 0.15) is 5.82 Å². The minimum absolute atomic E-state index is 0.533. The van der Waals surface area contributed by atoms with E-state index in [1.54, 1.807) is 16.9 Å². The highest BCUT2D eigenvalue weighted by Gasteiger charge is 2.08. The van der Waals surface area contributed by atoms with Gasteiger partial charge in [-0.1, -0.05) is 35.4 Å². The summed E-state index contributed by atoms with van der Waals surface area (Å²) in [6.07, 6.45) is 2.72. The number of nitrogens with one attached hydrogen (secondary N) is 2. The molecule has 9 heteroatoms. The molecule has 0 atom stereocenters. The average molecular weight is 353 g/mol. The number of tetrazole rings is 1. The average Bonchev–Trinajstić information content (AvgIpc) is 3.06. The summed E-state index contributed by atoms with van der Waals surface area (Å²) >= 11 is 0. The molecule has 0 amide bonds. The van der Waals surface area contributed by atoms with Gasteiger partial charge in [-0.15, -0.1) is 0 Å². The first-order valence-electron chi connectivity index (χ1n) is 8.49. The molecule has 3 rings (SSSR count). The molecular weight excluding hydrogens is 330 g/mol. The van der Waals surface area contributed by atoms with Crippen LogP contribution in [0.2, 0.25) is 0 Å². The molecule has 0 aliphatic heterocycles. The van der Waals surface area contributed by atoms with Crippen molar-refractivity contribution in [3.05, 3.63) is 48.2 Å². The van der Waals surface area contributed by atoms with Crippen LogP contribution < -0.4 is 10.6 Å². The van der Waals surface area contributed by atoms with Crippen LogP contribution in [0, 0.1) is 0 Å². The van der Waals surface area contributed by atoms with Crippen LogP contribution in [0.15, 0.2) is 42.6 Å². The van der Waals surface area contributed by atoms with Crippen LogP contribution in [0.25, 0.3) is 0 Å². The Labute approximate surface area is 152 Å². The maximum Gasteiger partial charge on any atom is 0.248 e. The van der Waals surface area contributed by atoms with Crippen LogP contribution in [0.4, 0.5) is 17.7 Å². The molecule has 0 unspecified atom stereocenters. The van der Waals surface area contributed by atoms with Crippen molar-refractivity contribution >= 4 is 17.7 Å². The predicted octanol–water partition coefficient (Wildman–Crippen LogP) is 1.62. The SMILES string of the molecule is CN(C)CCCNc1nccc(Nc2nnnn2Cc2ccccc2)n1. The van der Waals surface area contributed by atoms with E-state index in [1.165, 1.54) is 0 Å². The lowest BCUT2D eigenvalue weighted by Crippen LogP contribution is -2.17. The highest BCUT2D eigenvalue weighted by molar-refractivity contribution is 5.49. The molecule has 2 heterocycles. The highest BCUT2D eigenvalue weighted by atomic mass is 15.6. The van der Waals surface area contributed by atoms with Crippen molar-refractivity contribution in [1.82, 2.24) is 35.1 Å². The fraction of sp³-hybridized carbons (Fsp3) is 0.353. The quantitative estimate of drug-likeness (QED) is 0.560. The molecule has 0 spiro atoms. The summed E-state index contributed by atoms with van der Waals surface area (Å²) in [6.45, 7) is 2.41. The summed E-state index contributed by atoms with van der Waals surface area (Å²) in [5, 5.41) is 18.2. The second kappa shape index (κ2) is 8.86. The second-order valence-electron chi connectivity index (χ2n) is 6.12. The Balaban J connectivity index is 1.61. The van der Waals surface area contributed by atoms with Crippen LogP contribution in [-0.2, 0) is 6.54 Å². The van der Waals surface area contributed by atoms with Gasteiger partial charge in [0.05, 0.1) is 6.54 Å². The molecule has 0 radical (unpaired) electrons. The summed E-state index contributed by atoms with van der Waals surface area (Å²) in [6, 6.07) is 11.8. The van der Waals surface area contributed by atoms with Gasteiger partial charge >= 0.3 is 0 Å². The van der Waals surface area contributed by atoms with Crippen LogP contribution >= 0.6 is 0 Å². The van der Waals surface area contributed by atoms with E-state index < -0.39 is 0 Å². The number of hydrogen-bond acceptors (Lipinski definition) is 8. The molecule has 0 aliphatic carbocycles. The monoisotopic (exact) mass is 353 g/mol.